The fraction of sp³-hybridized carbons (Fsp3) is 0.900. The summed E-state index contributed by atoms with van der Waals surface area (Å²) in [6.45, 7) is 1.41. The maximum Gasteiger partial charge on any atom is 0.119 e. The van der Waals surface area contributed by atoms with Crippen molar-refractivity contribution in [2.24, 2.45) is 5.92 Å². The fourth-order valence-corrected chi connectivity index (χ4v) is 1.29. The maximum absolute atomic E-state index is 8.79. The van der Waals surface area contributed by atoms with E-state index in [2.05, 4.69) is 11.4 Å². The minimum absolute atomic E-state index is 0.0914. The van der Waals surface area contributed by atoms with Crippen LogP contribution in [0.1, 0.15) is 25.7 Å². The van der Waals surface area contributed by atoms with Crippen LogP contribution in [0.3, 0.4) is 0 Å². The molecule has 0 aromatic heterocycles. The summed E-state index contributed by atoms with van der Waals surface area (Å²) in [7, 11) is 0. The Bertz CT molecular complexity index is 203. The highest BCUT2D eigenvalue weighted by molar-refractivity contribution is 4.95. The average molecular weight is 180 g/mol. The Kier molecular flexibility index (Phi) is 2.82. The second-order valence-electron chi connectivity index (χ2n) is 4.10. The quantitative estimate of drug-likeness (QED) is 0.664. The summed E-state index contributed by atoms with van der Waals surface area (Å²) in [5, 5.41) is 12.0. The van der Waals surface area contributed by atoms with Gasteiger partial charge in [0.05, 0.1) is 12.7 Å². The second-order valence-corrected chi connectivity index (χ2v) is 4.10. The standard InChI is InChI=1S/C10H16N2O/c11-5-10(12-9-3-4-9)7-13-6-8-1-2-8/h8-10,12H,1-4,6-7H2. The van der Waals surface area contributed by atoms with Gasteiger partial charge in [-0.05, 0) is 31.6 Å². The molecule has 2 saturated carbocycles. The summed E-state index contributed by atoms with van der Waals surface area (Å²) >= 11 is 0. The van der Waals surface area contributed by atoms with Crippen molar-refractivity contribution in [2.45, 2.75) is 37.8 Å². The molecule has 0 aromatic rings. The molecule has 3 nitrogen and oxygen atoms in total. The van der Waals surface area contributed by atoms with Crippen LogP contribution in [-0.4, -0.2) is 25.3 Å². The van der Waals surface area contributed by atoms with Gasteiger partial charge in [-0.1, -0.05) is 0 Å². The average Bonchev–Trinajstić information content (AvgIpc) is 2.97. The van der Waals surface area contributed by atoms with Gasteiger partial charge in [0.1, 0.15) is 6.04 Å². The predicted octanol–water partition coefficient (Wildman–Crippen LogP) is 1.06. The highest BCUT2D eigenvalue weighted by atomic mass is 16.5. The first-order valence-corrected chi connectivity index (χ1v) is 5.12. The van der Waals surface area contributed by atoms with E-state index in [0.29, 0.717) is 12.6 Å². The third-order valence-corrected chi connectivity index (χ3v) is 2.51. The normalized spacial score (nSPS) is 23.9. The molecule has 2 fully saturated rings. The van der Waals surface area contributed by atoms with Crippen LogP contribution in [0.25, 0.3) is 0 Å². The minimum Gasteiger partial charge on any atom is -0.378 e. The highest BCUT2D eigenvalue weighted by Crippen LogP contribution is 2.28. The molecular weight excluding hydrogens is 164 g/mol. The molecule has 3 heteroatoms. The van der Waals surface area contributed by atoms with Crippen molar-refractivity contribution in [3.63, 3.8) is 0 Å². The molecule has 0 aliphatic heterocycles. The lowest BCUT2D eigenvalue weighted by atomic mass is 10.3. The molecule has 2 rings (SSSR count). The monoisotopic (exact) mass is 180 g/mol. The zero-order chi connectivity index (χ0) is 9.10. The lowest BCUT2D eigenvalue weighted by Gasteiger charge is -2.10. The molecule has 0 saturated heterocycles. The van der Waals surface area contributed by atoms with Crippen molar-refractivity contribution < 1.29 is 4.74 Å². The van der Waals surface area contributed by atoms with E-state index >= 15 is 0 Å². The number of rotatable bonds is 6. The van der Waals surface area contributed by atoms with Crippen LogP contribution in [-0.2, 0) is 4.74 Å². The Balaban J connectivity index is 1.56. The van der Waals surface area contributed by atoms with Gasteiger partial charge in [-0.2, -0.15) is 5.26 Å². The highest BCUT2D eigenvalue weighted by Gasteiger charge is 2.25. The van der Waals surface area contributed by atoms with Gasteiger partial charge in [0.2, 0.25) is 0 Å². The van der Waals surface area contributed by atoms with Crippen LogP contribution in [0.4, 0.5) is 0 Å². The van der Waals surface area contributed by atoms with E-state index in [0.717, 1.165) is 12.5 Å². The molecule has 0 radical (unpaired) electrons. The van der Waals surface area contributed by atoms with Crippen molar-refractivity contribution in [1.82, 2.24) is 5.32 Å². The molecule has 2 aliphatic rings. The van der Waals surface area contributed by atoms with Gasteiger partial charge in [0.25, 0.3) is 0 Å². The Morgan fingerprint density at radius 1 is 1.38 bits per heavy atom. The van der Waals surface area contributed by atoms with Gasteiger partial charge in [-0.3, -0.25) is 5.32 Å². The summed E-state index contributed by atoms with van der Waals surface area (Å²) in [5.74, 6) is 0.792. The molecule has 1 N–H and O–H groups in total. The van der Waals surface area contributed by atoms with Crippen molar-refractivity contribution >= 4 is 0 Å². The summed E-state index contributed by atoms with van der Waals surface area (Å²) < 4.78 is 5.45. The molecule has 72 valence electrons. The van der Waals surface area contributed by atoms with E-state index in [-0.39, 0.29) is 6.04 Å². The van der Waals surface area contributed by atoms with Gasteiger partial charge >= 0.3 is 0 Å². The van der Waals surface area contributed by atoms with Gasteiger partial charge in [0, 0.05) is 12.6 Å². The second kappa shape index (κ2) is 4.08. The molecule has 13 heavy (non-hydrogen) atoms. The van der Waals surface area contributed by atoms with Crippen molar-refractivity contribution in [1.29, 1.82) is 5.26 Å². The van der Waals surface area contributed by atoms with Crippen molar-refractivity contribution in [3.05, 3.63) is 0 Å². The van der Waals surface area contributed by atoms with Crippen LogP contribution in [0.5, 0.6) is 0 Å². The molecular formula is C10H16N2O. The number of nitriles is 1. The van der Waals surface area contributed by atoms with Crippen LogP contribution < -0.4 is 5.32 Å². The predicted molar refractivity (Wildman–Crippen MR) is 49.1 cm³/mol. The third kappa shape index (κ3) is 3.33. The molecule has 0 spiro atoms. The zero-order valence-corrected chi connectivity index (χ0v) is 7.83. The van der Waals surface area contributed by atoms with Crippen LogP contribution in [0.15, 0.2) is 0 Å². The van der Waals surface area contributed by atoms with E-state index in [9.17, 15) is 0 Å². The fourth-order valence-electron chi connectivity index (χ4n) is 1.29. The zero-order valence-electron chi connectivity index (χ0n) is 7.83. The lowest BCUT2D eigenvalue weighted by Crippen LogP contribution is -2.33. The Morgan fingerprint density at radius 3 is 2.69 bits per heavy atom. The first kappa shape index (κ1) is 8.98. The minimum atomic E-state index is -0.0914. The van der Waals surface area contributed by atoms with Crippen molar-refractivity contribution in [3.8, 4) is 6.07 Å². The molecule has 1 unspecified atom stereocenters. The number of ether oxygens (including phenoxy) is 1. The Morgan fingerprint density at radius 2 is 2.15 bits per heavy atom. The summed E-state index contributed by atoms with van der Waals surface area (Å²) in [4.78, 5) is 0. The molecule has 0 amide bonds. The first-order valence-electron chi connectivity index (χ1n) is 5.12. The summed E-state index contributed by atoms with van der Waals surface area (Å²) in [5.41, 5.74) is 0. The van der Waals surface area contributed by atoms with E-state index in [1.54, 1.807) is 0 Å². The number of nitrogens with zero attached hydrogens (tertiary/aromatic N) is 1. The molecule has 0 heterocycles. The number of nitrogens with one attached hydrogen (secondary N) is 1. The van der Waals surface area contributed by atoms with E-state index in [1.807, 2.05) is 0 Å². The smallest absolute Gasteiger partial charge is 0.119 e. The van der Waals surface area contributed by atoms with E-state index in [4.69, 9.17) is 10.00 Å². The SMILES string of the molecule is N#CC(COCC1CC1)NC1CC1. The lowest BCUT2D eigenvalue weighted by molar-refractivity contribution is 0.113. The molecule has 2 aliphatic carbocycles. The maximum atomic E-state index is 8.79. The molecule has 0 bridgehead atoms. The Labute approximate surface area is 79.1 Å². The molecule has 0 aromatic carbocycles. The summed E-state index contributed by atoms with van der Waals surface area (Å²) in [6, 6.07) is 2.73. The topological polar surface area (TPSA) is 45.0 Å². The number of hydrogen-bond acceptors (Lipinski definition) is 3. The largest absolute Gasteiger partial charge is 0.378 e. The van der Waals surface area contributed by atoms with Gasteiger partial charge in [-0.25, -0.2) is 0 Å². The third-order valence-electron chi connectivity index (χ3n) is 2.51. The molecule has 1 atom stereocenters. The van der Waals surface area contributed by atoms with Gasteiger partial charge in [-0.15, -0.1) is 0 Å². The summed E-state index contributed by atoms with van der Waals surface area (Å²) in [6.07, 6.45) is 5.07. The Hall–Kier alpha value is -0.590. The first-order chi connectivity index (χ1) is 6.38. The number of hydrogen-bond donors (Lipinski definition) is 1. The van der Waals surface area contributed by atoms with Gasteiger partial charge in [0.15, 0.2) is 0 Å². The van der Waals surface area contributed by atoms with E-state index in [1.165, 1.54) is 25.7 Å². The van der Waals surface area contributed by atoms with Crippen LogP contribution in [0.2, 0.25) is 0 Å². The van der Waals surface area contributed by atoms with Crippen molar-refractivity contribution in [2.75, 3.05) is 13.2 Å². The van der Waals surface area contributed by atoms with Gasteiger partial charge < -0.3 is 4.74 Å². The van der Waals surface area contributed by atoms with Crippen LogP contribution in [0, 0.1) is 17.2 Å². The van der Waals surface area contributed by atoms with E-state index < -0.39 is 0 Å². The van der Waals surface area contributed by atoms with Crippen LogP contribution >= 0.6 is 0 Å².